The maximum atomic E-state index is 5.56. The Morgan fingerprint density at radius 2 is 1.88 bits per heavy atom. The Labute approximate surface area is 106 Å². The molecule has 0 aromatic heterocycles. The topological polar surface area (TPSA) is 9.23 Å². The van der Waals surface area contributed by atoms with E-state index in [1.54, 1.807) is 0 Å². The summed E-state index contributed by atoms with van der Waals surface area (Å²) in [6.07, 6.45) is 6.53. The van der Waals surface area contributed by atoms with Gasteiger partial charge in [0.2, 0.25) is 0 Å². The van der Waals surface area contributed by atoms with Crippen molar-refractivity contribution in [3.8, 4) is 0 Å². The second kappa shape index (κ2) is 8.81. The van der Waals surface area contributed by atoms with Crippen LogP contribution in [0.2, 0.25) is 0 Å². The molecule has 0 N–H and O–H groups in total. The number of hydrogen-bond donors (Lipinski definition) is 0. The summed E-state index contributed by atoms with van der Waals surface area (Å²) in [4.78, 5) is 0. The van der Waals surface area contributed by atoms with Crippen molar-refractivity contribution in [1.29, 1.82) is 0 Å². The van der Waals surface area contributed by atoms with Crippen molar-refractivity contribution in [3.05, 3.63) is 30.3 Å². The second-order valence-electron chi connectivity index (χ2n) is 3.95. The number of unbranched alkanes of at least 4 members (excludes halogenated alkanes) is 3. The van der Waals surface area contributed by atoms with Gasteiger partial charge in [0.15, 0.2) is 0 Å². The summed E-state index contributed by atoms with van der Waals surface area (Å²) in [6.45, 7) is 2.25. The molecule has 1 rings (SSSR count). The molecule has 1 atom stereocenters. The summed E-state index contributed by atoms with van der Waals surface area (Å²) < 4.78 is 7.00. The number of methoxy groups -OCH3 is 1. The predicted molar refractivity (Wildman–Crippen MR) is 71.4 cm³/mol. The molecule has 0 spiro atoms. The molecule has 2 heteroatoms. The predicted octanol–water partition coefficient (Wildman–Crippen LogP) is 2.96. The van der Waals surface area contributed by atoms with Gasteiger partial charge >= 0.3 is 106 Å². The van der Waals surface area contributed by atoms with Crippen LogP contribution in [0, 0.1) is 0 Å². The fraction of sp³-hybridized carbons (Fsp3) is 0.571. The van der Waals surface area contributed by atoms with Gasteiger partial charge in [-0.2, -0.15) is 0 Å². The van der Waals surface area contributed by atoms with Crippen LogP contribution < -0.4 is 4.46 Å². The van der Waals surface area contributed by atoms with Crippen LogP contribution in [-0.2, 0) is 4.74 Å². The zero-order valence-corrected chi connectivity index (χ0v) is 12.0. The minimum absolute atomic E-state index is 0.451. The Morgan fingerprint density at radius 1 is 1.12 bits per heavy atom. The van der Waals surface area contributed by atoms with E-state index in [1.807, 2.05) is 7.11 Å². The minimum atomic E-state index is 0.451. The molecule has 1 aromatic carbocycles. The SMILES string of the molecule is CCCCCCC(OC)[Se]c1ccccc1. The molecule has 1 nitrogen and oxygen atoms in total. The Kier molecular flexibility index (Phi) is 7.58. The fourth-order valence-corrected chi connectivity index (χ4v) is 3.71. The van der Waals surface area contributed by atoms with Crippen molar-refractivity contribution in [2.24, 2.45) is 0 Å². The van der Waals surface area contributed by atoms with Crippen molar-refractivity contribution in [3.63, 3.8) is 0 Å². The first-order valence-corrected chi connectivity index (χ1v) is 7.96. The van der Waals surface area contributed by atoms with Crippen molar-refractivity contribution < 1.29 is 4.74 Å². The third-order valence-corrected chi connectivity index (χ3v) is 5.16. The molecular formula is C14H22OSe. The van der Waals surface area contributed by atoms with Gasteiger partial charge in [0.25, 0.3) is 0 Å². The van der Waals surface area contributed by atoms with E-state index < -0.39 is 0 Å². The maximum absolute atomic E-state index is 5.56. The van der Waals surface area contributed by atoms with Crippen LogP contribution in [0.5, 0.6) is 0 Å². The van der Waals surface area contributed by atoms with Gasteiger partial charge in [-0.1, -0.05) is 0 Å². The summed E-state index contributed by atoms with van der Waals surface area (Å²) >= 11 is 0.461. The molecule has 0 aliphatic rings. The monoisotopic (exact) mass is 286 g/mol. The van der Waals surface area contributed by atoms with E-state index in [-0.39, 0.29) is 0 Å². The van der Waals surface area contributed by atoms with Gasteiger partial charge in [0.05, 0.1) is 0 Å². The van der Waals surface area contributed by atoms with E-state index in [2.05, 4.69) is 37.3 Å². The third kappa shape index (κ3) is 5.69. The Morgan fingerprint density at radius 3 is 2.50 bits per heavy atom. The summed E-state index contributed by atoms with van der Waals surface area (Å²) in [5, 5.41) is 0.451. The Balaban J connectivity index is 2.26. The van der Waals surface area contributed by atoms with Crippen LogP contribution in [0.3, 0.4) is 0 Å². The molecule has 16 heavy (non-hydrogen) atoms. The molecule has 0 amide bonds. The molecule has 0 saturated heterocycles. The number of hydrogen-bond acceptors (Lipinski definition) is 1. The normalized spacial score (nSPS) is 12.6. The molecule has 0 aliphatic carbocycles. The van der Waals surface area contributed by atoms with Crippen LogP contribution in [0.15, 0.2) is 30.3 Å². The average molecular weight is 285 g/mol. The molecule has 0 bridgehead atoms. The first-order valence-electron chi connectivity index (χ1n) is 6.11. The van der Waals surface area contributed by atoms with Gasteiger partial charge in [-0.15, -0.1) is 0 Å². The van der Waals surface area contributed by atoms with Crippen LogP contribution in [0.25, 0.3) is 0 Å². The number of benzene rings is 1. The van der Waals surface area contributed by atoms with E-state index >= 15 is 0 Å². The van der Waals surface area contributed by atoms with Crippen LogP contribution in [0.1, 0.15) is 39.0 Å². The van der Waals surface area contributed by atoms with Gasteiger partial charge < -0.3 is 0 Å². The van der Waals surface area contributed by atoms with Crippen LogP contribution in [-0.4, -0.2) is 27.1 Å². The molecule has 1 aromatic rings. The van der Waals surface area contributed by atoms with E-state index in [9.17, 15) is 0 Å². The summed E-state index contributed by atoms with van der Waals surface area (Å²) in [7, 11) is 1.84. The second-order valence-corrected chi connectivity index (χ2v) is 6.53. The zero-order valence-electron chi connectivity index (χ0n) is 10.3. The van der Waals surface area contributed by atoms with E-state index in [0.717, 1.165) is 0 Å². The Bertz CT molecular complexity index is 261. The summed E-state index contributed by atoms with van der Waals surface area (Å²) in [6, 6.07) is 10.7. The van der Waals surface area contributed by atoms with E-state index in [0.29, 0.717) is 20.0 Å². The van der Waals surface area contributed by atoms with Crippen LogP contribution >= 0.6 is 0 Å². The van der Waals surface area contributed by atoms with Gasteiger partial charge in [0.1, 0.15) is 0 Å². The van der Waals surface area contributed by atoms with Gasteiger partial charge in [-0.3, -0.25) is 0 Å². The quantitative estimate of drug-likeness (QED) is 0.527. The summed E-state index contributed by atoms with van der Waals surface area (Å²) in [5.74, 6) is 0. The molecule has 1 unspecified atom stereocenters. The molecule has 0 heterocycles. The molecule has 0 aliphatic heterocycles. The van der Waals surface area contributed by atoms with Crippen molar-refractivity contribution in [2.75, 3.05) is 7.11 Å². The number of ether oxygens (including phenoxy) is 1. The third-order valence-electron chi connectivity index (χ3n) is 2.57. The van der Waals surface area contributed by atoms with Crippen molar-refractivity contribution in [1.82, 2.24) is 0 Å². The van der Waals surface area contributed by atoms with Crippen molar-refractivity contribution in [2.45, 2.75) is 44.0 Å². The first-order chi connectivity index (χ1) is 7.86. The van der Waals surface area contributed by atoms with E-state index in [1.165, 1.54) is 36.6 Å². The fourth-order valence-electron chi connectivity index (χ4n) is 1.61. The molecule has 0 fully saturated rings. The molecule has 90 valence electrons. The average Bonchev–Trinajstić information content (AvgIpc) is 2.34. The van der Waals surface area contributed by atoms with Crippen LogP contribution in [0.4, 0.5) is 0 Å². The molecule has 0 saturated carbocycles. The molecule has 0 radical (unpaired) electrons. The van der Waals surface area contributed by atoms with Gasteiger partial charge in [-0.05, 0) is 0 Å². The first kappa shape index (κ1) is 13.8. The standard InChI is InChI=1S/C14H22OSe/c1-3-4-5-9-12-14(15-2)16-13-10-7-6-8-11-13/h6-8,10-11,14H,3-5,9,12H2,1-2H3. The van der Waals surface area contributed by atoms with Gasteiger partial charge in [0, 0.05) is 0 Å². The van der Waals surface area contributed by atoms with Crippen molar-refractivity contribution >= 4 is 19.4 Å². The number of rotatable bonds is 8. The zero-order chi connectivity index (χ0) is 11.6. The Hall–Kier alpha value is -0.301. The van der Waals surface area contributed by atoms with E-state index in [4.69, 9.17) is 4.74 Å². The van der Waals surface area contributed by atoms with Gasteiger partial charge in [-0.25, -0.2) is 0 Å². The molecular weight excluding hydrogens is 263 g/mol. The summed E-state index contributed by atoms with van der Waals surface area (Å²) in [5.41, 5.74) is 0.